The molecule has 1 unspecified atom stereocenters. The molecular weight excluding hydrogens is 281 g/mol. The number of carboxylic acids is 2. The summed E-state index contributed by atoms with van der Waals surface area (Å²) in [5.74, 6) is -3.63. The van der Waals surface area contributed by atoms with Crippen LogP contribution in [0.25, 0.3) is 0 Å². The minimum absolute atomic E-state index is 0.0344. The highest BCUT2D eigenvalue weighted by Crippen LogP contribution is 2.37. The highest BCUT2D eigenvalue weighted by molar-refractivity contribution is 5.88. The second kappa shape index (κ2) is 5.81. The lowest BCUT2D eigenvalue weighted by atomic mass is 10.1. The van der Waals surface area contributed by atoms with Crippen molar-refractivity contribution in [1.29, 1.82) is 0 Å². The molecule has 0 spiro atoms. The van der Waals surface area contributed by atoms with Gasteiger partial charge in [0.2, 0.25) is 0 Å². The molecule has 1 aromatic carbocycles. The van der Waals surface area contributed by atoms with Crippen molar-refractivity contribution in [2.75, 3.05) is 0 Å². The molecule has 110 valence electrons. The Hall–Kier alpha value is -2.25. The fourth-order valence-corrected chi connectivity index (χ4v) is 1.45. The molecule has 0 saturated carbocycles. The normalized spacial score (nSPS) is 12.8. The number of benzene rings is 1. The molecule has 0 radical (unpaired) electrons. The molecule has 5 nitrogen and oxygen atoms in total. The third-order valence-corrected chi connectivity index (χ3v) is 2.45. The van der Waals surface area contributed by atoms with Crippen LogP contribution < -0.4 is 4.74 Å². The molecule has 0 heterocycles. The minimum atomic E-state index is -4.85. The van der Waals surface area contributed by atoms with Gasteiger partial charge in [-0.05, 0) is 24.6 Å². The van der Waals surface area contributed by atoms with Gasteiger partial charge in [0.25, 0.3) is 0 Å². The van der Waals surface area contributed by atoms with E-state index in [9.17, 15) is 22.8 Å². The van der Waals surface area contributed by atoms with Crippen molar-refractivity contribution in [2.24, 2.45) is 0 Å². The zero-order chi connectivity index (χ0) is 15.5. The van der Waals surface area contributed by atoms with Crippen LogP contribution >= 0.6 is 0 Å². The van der Waals surface area contributed by atoms with E-state index in [-0.39, 0.29) is 6.42 Å². The van der Waals surface area contributed by atoms with Crippen LogP contribution in [-0.2, 0) is 11.0 Å². The number of carboxylic acid groups (broad SMARTS) is 2. The molecule has 0 bridgehead atoms. The predicted octanol–water partition coefficient (Wildman–Crippen LogP) is 2.65. The molecule has 0 saturated heterocycles. The van der Waals surface area contributed by atoms with Gasteiger partial charge in [0.15, 0.2) is 6.10 Å². The first kappa shape index (κ1) is 15.8. The van der Waals surface area contributed by atoms with Gasteiger partial charge in [0.05, 0.1) is 11.1 Å². The lowest BCUT2D eigenvalue weighted by Crippen LogP contribution is -2.27. The lowest BCUT2D eigenvalue weighted by molar-refractivity contribution is -0.148. The zero-order valence-corrected chi connectivity index (χ0v) is 10.3. The number of hydrogen-bond donors (Lipinski definition) is 2. The predicted molar refractivity (Wildman–Crippen MR) is 60.7 cm³/mol. The largest absolute Gasteiger partial charge is 0.479 e. The van der Waals surface area contributed by atoms with Crippen LogP contribution in [0.15, 0.2) is 18.2 Å². The van der Waals surface area contributed by atoms with E-state index in [0.29, 0.717) is 6.07 Å². The zero-order valence-electron chi connectivity index (χ0n) is 10.3. The second-order valence-electron chi connectivity index (χ2n) is 3.87. The molecule has 2 N–H and O–H groups in total. The highest BCUT2D eigenvalue weighted by Gasteiger charge is 2.36. The van der Waals surface area contributed by atoms with Gasteiger partial charge < -0.3 is 14.9 Å². The van der Waals surface area contributed by atoms with Crippen LogP contribution in [-0.4, -0.2) is 28.3 Å². The average molecular weight is 292 g/mol. The summed E-state index contributed by atoms with van der Waals surface area (Å²) in [6, 6.07) is 2.13. The van der Waals surface area contributed by atoms with Crippen LogP contribution in [0.3, 0.4) is 0 Å². The Bertz CT molecular complexity index is 524. The van der Waals surface area contributed by atoms with Crippen molar-refractivity contribution >= 4 is 11.9 Å². The van der Waals surface area contributed by atoms with Crippen molar-refractivity contribution in [3.8, 4) is 5.75 Å². The fraction of sp³-hybridized carbons (Fsp3) is 0.333. The number of carbonyl (C=O) groups is 2. The lowest BCUT2D eigenvalue weighted by Gasteiger charge is -2.18. The van der Waals surface area contributed by atoms with Gasteiger partial charge in [0.1, 0.15) is 5.75 Å². The molecule has 0 aliphatic rings. The maximum atomic E-state index is 12.8. The first-order chi connectivity index (χ1) is 9.16. The molecule has 0 aliphatic heterocycles. The van der Waals surface area contributed by atoms with Gasteiger partial charge in [-0.15, -0.1) is 0 Å². The standard InChI is InChI=1S/C12H11F3O5/c1-2-8(11(18)19)20-9-4-3-6(10(16)17)5-7(9)12(13,14)15/h3-5,8H,2H2,1H3,(H,16,17)(H,18,19). The fourth-order valence-electron chi connectivity index (χ4n) is 1.45. The van der Waals surface area contributed by atoms with Crippen LogP contribution in [0.4, 0.5) is 13.2 Å². The van der Waals surface area contributed by atoms with Crippen LogP contribution in [0.5, 0.6) is 5.75 Å². The Balaban J connectivity index is 3.25. The topological polar surface area (TPSA) is 83.8 Å². The SMILES string of the molecule is CCC(Oc1ccc(C(=O)O)cc1C(F)(F)F)C(=O)O. The van der Waals surface area contributed by atoms with Crippen molar-refractivity contribution in [1.82, 2.24) is 0 Å². The highest BCUT2D eigenvalue weighted by atomic mass is 19.4. The van der Waals surface area contributed by atoms with Gasteiger partial charge in [-0.1, -0.05) is 6.92 Å². The Morgan fingerprint density at radius 1 is 1.30 bits per heavy atom. The average Bonchev–Trinajstić information content (AvgIpc) is 2.34. The number of ether oxygens (including phenoxy) is 1. The van der Waals surface area contributed by atoms with Crippen molar-refractivity contribution in [3.63, 3.8) is 0 Å². The maximum absolute atomic E-state index is 12.8. The Labute approximate surface area is 111 Å². The third kappa shape index (κ3) is 3.62. The number of halogens is 3. The Morgan fingerprint density at radius 2 is 1.90 bits per heavy atom. The Morgan fingerprint density at radius 3 is 2.30 bits per heavy atom. The molecule has 20 heavy (non-hydrogen) atoms. The molecular formula is C12H11F3O5. The summed E-state index contributed by atoms with van der Waals surface area (Å²) in [6.45, 7) is 1.44. The number of aliphatic carboxylic acids is 1. The summed E-state index contributed by atoms with van der Waals surface area (Å²) in [5.41, 5.74) is -1.88. The molecule has 0 amide bonds. The van der Waals surface area contributed by atoms with Gasteiger partial charge in [-0.3, -0.25) is 0 Å². The second-order valence-corrected chi connectivity index (χ2v) is 3.87. The van der Waals surface area contributed by atoms with Crippen molar-refractivity contribution < 1.29 is 37.7 Å². The van der Waals surface area contributed by atoms with E-state index in [1.165, 1.54) is 6.92 Å². The molecule has 1 rings (SSSR count). The van der Waals surface area contributed by atoms with E-state index in [2.05, 4.69) is 0 Å². The maximum Gasteiger partial charge on any atom is 0.419 e. The number of rotatable bonds is 5. The summed E-state index contributed by atoms with van der Waals surface area (Å²) >= 11 is 0. The van der Waals surface area contributed by atoms with Crippen LogP contribution in [0, 0.1) is 0 Å². The van der Waals surface area contributed by atoms with Crippen molar-refractivity contribution in [3.05, 3.63) is 29.3 Å². The van der Waals surface area contributed by atoms with Crippen LogP contribution in [0.2, 0.25) is 0 Å². The number of aromatic carboxylic acids is 1. The van der Waals surface area contributed by atoms with Gasteiger partial charge >= 0.3 is 18.1 Å². The minimum Gasteiger partial charge on any atom is -0.479 e. The van der Waals surface area contributed by atoms with E-state index < -0.39 is 41.1 Å². The molecule has 0 aromatic heterocycles. The first-order valence-electron chi connectivity index (χ1n) is 5.50. The molecule has 1 aromatic rings. The smallest absolute Gasteiger partial charge is 0.419 e. The first-order valence-corrected chi connectivity index (χ1v) is 5.50. The quantitative estimate of drug-likeness (QED) is 0.871. The van der Waals surface area contributed by atoms with E-state index in [1.54, 1.807) is 0 Å². The molecule has 0 aliphatic carbocycles. The monoisotopic (exact) mass is 292 g/mol. The van der Waals surface area contributed by atoms with E-state index in [1.807, 2.05) is 0 Å². The number of hydrogen-bond acceptors (Lipinski definition) is 3. The number of alkyl halides is 3. The van der Waals surface area contributed by atoms with E-state index >= 15 is 0 Å². The molecule has 1 atom stereocenters. The summed E-state index contributed by atoms with van der Waals surface area (Å²) < 4.78 is 43.3. The summed E-state index contributed by atoms with van der Waals surface area (Å²) in [4.78, 5) is 21.4. The van der Waals surface area contributed by atoms with Gasteiger partial charge in [-0.2, -0.15) is 13.2 Å². The van der Waals surface area contributed by atoms with Gasteiger partial charge in [-0.25, -0.2) is 9.59 Å². The summed E-state index contributed by atoms with van der Waals surface area (Å²) in [7, 11) is 0. The van der Waals surface area contributed by atoms with E-state index in [0.717, 1.165) is 12.1 Å². The van der Waals surface area contributed by atoms with Crippen LogP contribution in [0.1, 0.15) is 29.3 Å². The van der Waals surface area contributed by atoms with E-state index in [4.69, 9.17) is 14.9 Å². The molecule has 8 heteroatoms. The van der Waals surface area contributed by atoms with Gasteiger partial charge in [0, 0.05) is 0 Å². The summed E-state index contributed by atoms with van der Waals surface area (Å²) in [5, 5.41) is 17.5. The van der Waals surface area contributed by atoms with Crippen molar-refractivity contribution in [2.45, 2.75) is 25.6 Å². The third-order valence-electron chi connectivity index (χ3n) is 2.45. The molecule has 0 fully saturated rings. The summed E-state index contributed by atoms with van der Waals surface area (Å²) in [6.07, 6.45) is -6.32. The Kier molecular flexibility index (Phi) is 4.59.